The molecule has 0 spiro atoms. The van der Waals surface area contributed by atoms with Crippen molar-refractivity contribution in [2.24, 2.45) is 0 Å². The highest BCUT2D eigenvalue weighted by Gasteiger charge is 2.34. The Morgan fingerprint density at radius 2 is 2.17 bits per heavy atom. The van der Waals surface area contributed by atoms with Crippen molar-refractivity contribution >= 4 is 10.0 Å². The van der Waals surface area contributed by atoms with Gasteiger partial charge in [0.2, 0.25) is 15.9 Å². The lowest BCUT2D eigenvalue weighted by molar-refractivity contribution is 0.351. The molecule has 1 saturated heterocycles. The zero-order valence-corrected chi connectivity index (χ0v) is 13.8. The van der Waals surface area contributed by atoms with Gasteiger partial charge in [-0.15, -0.1) is 0 Å². The molecule has 23 heavy (non-hydrogen) atoms. The van der Waals surface area contributed by atoms with Gasteiger partial charge >= 0.3 is 0 Å². The molecular weight excluding hydrogens is 321 g/mol. The number of nitrogens with zero attached hydrogens (tertiary/aromatic N) is 3. The largest absolute Gasteiger partial charge is 0.339 e. The van der Waals surface area contributed by atoms with E-state index in [1.54, 1.807) is 26.0 Å². The first-order valence-corrected chi connectivity index (χ1v) is 8.99. The summed E-state index contributed by atoms with van der Waals surface area (Å²) >= 11 is 0. The molecule has 0 unspecified atom stereocenters. The third-order valence-electron chi connectivity index (χ3n) is 4.02. The lowest BCUT2D eigenvalue weighted by atomic mass is 10.1. The molecule has 1 aliphatic rings. The van der Waals surface area contributed by atoms with E-state index >= 15 is 0 Å². The first-order chi connectivity index (χ1) is 10.8. The van der Waals surface area contributed by atoms with E-state index in [0.717, 1.165) is 0 Å². The molecule has 0 amide bonds. The molecule has 3 rings (SSSR count). The van der Waals surface area contributed by atoms with Crippen LogP contribution in [0.25, 0.3) is 0 Å². The minimum atomic E-state index is -3.50. The first-order valence-electron chi connectivity index (χ1n) is 7.38. The summed E-state index contributed by atoms with van der Waals surface area (Å²) in [5, 5.41) is 3.74. The highest BCUT2D eigenvalue weighted by atomic mass is 32.2. The third-order valence-corrected chi connectivity index (χ3v) is 5.84. The summed E-state index contributed by atoms with van der Waals surface area (Å²) in [4.78, 5) is 4.17. The molecule has 0 bridgehead atoms. The van der Waals surface area contributed by atoms with Crippen LogP contribution in [0.3, 0.4) is 0 Å². The number of aryl methyl sites for hydroxylation is 2. The third kappa shape index (κ3) is 3.42. The molecule has 2 aromatic rings. The Morgan fingerprint density at radius 3 is 2.83 bits per heavy atom. The van der Waals surface area contributed by atoms with Crippen LogP contribution in [-0.4, -0.2) is 36.0 Å². The second kappa shape index (κ2) is 6.01. The smallest absolute Gasteiger partial charge is 0.231 e. The quantitative estimate of drug-likeness (QED) is 0.853. The fourth-order valence-corrected chi connectivity index (χ4v) is 4.26. The van der Waals surface area contributed by atoms with Crippen LogP contribution in [0.4, 0.5) is 4.39 Å². The van der Waals surface area contributed by atoms with Crippen molar-refractivity contribution in [3.8, 4) is 0 Å². The topological polar surface area (TPSA) is 76.3 Å². The van der Waals surface area contributed by atoms with Gasteiger partial charge in [0.05, 0.1) is 11.7 Å². The summed E-state index contributed by atoms with van der Waals surface area (Å²) in [5.74, 6) is 0.330. The maximum Gasteiger partial charge on any atom is 0.231 e. The van der Waals surface area contributed by atoms with Crippen LogP contribution in [0.2, 0.25) is 0 Å². The SMILES string of the molecule is Cc1noc([C@H]2CCN(S(=O)(=O)Cc3ccc(C)c(F)c3)C2)n1. The van der Waals surface area contributed by atoms with Crippen molar-refractivity contribution in [2.75, 3.05) is 13.1 Å². The fourth-order valence-electron chi connectivity index (χ4n) is 2.69. The second-order valence-corrected chi connectivity index (χ2v) is 7.83. The second-order valence-electron chi connectivity index (χ2n) is 5.86. The molecule has 0 saturated carbocycles. The molecule has 0 N–H and O–H groups in total. The first kappa shape index (κ1) is 16.1. The Kier molecular flexibility index (Phi) is 4.20. The summed E-state index contributed by atoms with van der Waals surface area (Å²) in [6.07, 6.45) is 0.642. The van der Waals surface area contributed by atoms with Crippen LogP contribution in [0, 0.1) is 19.7 Å². The van der Waals surface area contributed by atoms with Gasteiger partial charge in [0.25, 0.3) is 0 Å². The van der Waals surface area contributed by atoms with Crippen LogP contribution in [-0.2, 0) is 15.8 Å². The molecule has 1 fully saturated rings. The number of rotatable bonds is 4. The Bertz CT molecular complexity index is 819. The molecule has 0 aliphatic carbocycles. The molecule has 1 aromatic carbocycles. The van der Waals surface area contributed by atoms with Crippen molar-refractivity contribution in [1.29, 1.82) is 0 Å². The van der Waals surface area contributed by atoms with E-state index in [1.807, 2.05) is 0 Å². The van der Waals surface area contributed by atoms with Crippen molar-refractivity contribution in [2.45, 2.75) is 31.9 Å². The lowest BCUT2D eigenvalue weighted by Gasteiger charge is -2.16. The molecule has 6 nitrogen and oxygen atoms in total. The fraction of sp³-hybridized carbons (Fsp3) is 0.467. The van der Waals surface area contributed by atoms with Crippen molar-refractivity contribution in [3.63, 3.8) is 0 Å². The van der Waals surface area contributed by atoms with Gasteiger partial charge in [-0.05, 0) is 37.5 Å². The van der Waals surface area contributed by atoms with Crippen molar-refractivity contribution < 1.29 is 17.3 Å². The van der Waals surface area contributed by atoms with E-state index < -0.39 is 15.8 Å². The minimum Gasteiger partial charge on any atom is -0.339 e. The van der Waals surface area contributed by atoms with Gasteiger partial charge < -0.3 is 4.52 Å². The van der Waals surface area contributed by atoms with Gasteiger partial charge in [-0.2, -0.15) is 4.98 Å². The molecule has 1 aromatic heterocycles. The Hall–Kier alpha value is -1.80. The van der Waals surface area contributed by atoms with Gasteiger partial charge in [0.15, 0.2) is 5.82 Å². The number of benzene rings is 1. The Labute approximate surface area is 134 Å². The molecule has 0 radical (unpaired) electrons. The van der Waals surface area contributed by atoms with Gasteiger partial charge in [0.1, 0.15) is 5.82 Å². The van der Waals surface area contributed by atoms with Gasteiger partial charge in [-0.25, -0.2) is 17.1 Å². The molecule has 124 valence electrons. The zero-order chi connectivity index (χ0) is 16.6. The molecule has 1 atom stereocenters. The number of hydrogen-bond donors (Lipinski definition) is 0. The van der Waals surface area contributed by atoms with E-state index in [0.29, 0.717) is 42.4 Å². The Morgan fingerprint density at radius 1 is 1.39 bits per heavy atom. The van der Waals surface area contributed by atoms with Crippen LogP contribution in [0.1, 0.15) is 35.2 Å². The number of aromatic nitrogens is 2. The number of halogens is 1. The molecule has 1 aliphatic heterocycles. The average Bonchev–Trinajstić information content (AvgIpc) is 3.11. The van der Waals surface area contributed by atoms with E-state index in [9.17, 15) is 12.8 Å². The lowest BCUT2D eigenvalue weighted by Crippen LogP contribution is -2.29. The summed E-state index contributed by atoms with van der Waals surface area (Å²) in [6, 6.07) is 4.51. The summed E-state index contributed by atoms with van der Waals surface area (Å²) in [5.41, 5.74) is 0.948. The maximum atomic E-state index is 13.6. The van der Waals surface area contributed by atoms with E-state index in [4.69, 9.17) is 4.52 Å². The van der Waals surface area contributed by atoms with Crippen LogP contribution in [0.15, 0.2) is 22.7 Å². The molecule has 8 heteroatoms. The predicted octanol–water partition coefficient (Wildman–Crippen LogP) is 2.14. The van der Waals surface area contributed by atoms with Crippen molar-refractivity contribution in [3.05, 3.63) is 46.9 Å². The summed E-state index contributed by atoms with van der Waals surface area (Å²) in [6.45, 7) is 4.09. The predicted molar refractivity (Wildman–Crippen MR) is 81.7 cm³/mol. The summed E-state index contributed by atoms with van der Waals surface area (Å²) in [7, 11) is -3.50. The van der Waals surface area contributed by atoms with E-state index in [-0.39, 0.29) is 11.7 Å². The average molecular weight is 339 g/mol. The van der Waals surface area contributed by atoms with Gasteiger partial charge in [-0.1, -0.05) is 17.3 Å². The monoisotopic (exact) mass is 339 g/mol. The highest BCUT2D eigenvalue weighted by molar-refractivity contribution is 7.88. The number of hydrogen-bond acceptors (Lipinski definition) is 5. The number of sulfonamides is 1. The van der Waals surface area contributed by atoms with Gasteiger partial charge in [0, 0.05) is 13.1 Å². The zero-order valence-electron chi connectivity index (χ0n) is 13.0. The van der Waals surface area contributed by atoms with E-state index in [2.05, 4.69) is 10.1 Å². The van der Waals surface area contributed by atoms with Crippen molar-refractivity contribution in [1.82, 2.24) is 14.4 Å². The van der Waals surface area contributed by atoms with Crippen LogP contribution >= 0.6 is 0 Å². The maximum absolute atomic E-state index is 13.6. The summed E-state index contributed by atoms with van der Waals surface area (Å²) < 4.78 is 45.2. The standard InChI is InChI=1S/C15H18FN3O3S/c1-10-3-4-12(7-14(10)16)9-23(20,21)19-6-5-13(8-19)15-17-11(2)18-22-15/h3-4,7,13H,5-6,8-9H2,1-2H3/t13-/m0/s1. The minimum absolute atomic E-state index is 0.0827. The molecular formula is C15H18FN3O3S. The molecule has 2 heterocycles. The van der Waals surface area contributed by atoms with Crippen LogP contribution < -0.4 is 0 Å². The van der Waals surface area contributed by atoms with Gasteiger partial charge in [-0.3, -0.25) is 0 Å². The Balaban J connectivity index is 1.72. The normalized spacial score (nSPS) is 19.3. The highest BCUT2D eigenvalue weighted by Crippen LogP contribution is 2.29. The van der Waals surface area contributed by atoms with E-state index in [1.165, 1.54) is 10.4 Å². The van der Waals surface area contributed by atoms with Crippen LogP contribution in [0.5, 0.6) is 0 Å².